The van der Waals surface area contributed by atoms with Crippen LogP contribution in [-0.4, -0.2) is 32.2 Å². The number of hydrogen-bond donors (Lipinski definition) is 2. The summed E-state index contributed by atoms with van der Waals surface area (Å²) in [5, 5.41) is 9.44. The Hall–Kier alpha value is -3.22. The van der Waals surface area contributed by atoms with Crippen LogP contribution in [0.5, 0.6) is 5.75 Å². The van der Waals surface area contributed by atoms with Crippen LogP contribution < -0.4 is 10.1 Å². The fourth-order valence-corrected chi connectivity index (χ4v) is 2.04. The van der Waals surface area contributed by atoms with Crippen LogP contribution in [0, 0.1) is 6.92 Å². The van der Waals surface area contributed by atoms with Crippen LogP contribution in [-0.2, 0) is 4.79 Å². The van der Waals surface area contributed by atoms with E-state index < -0.39 is 6.10 Å². The number of nitrogens with one attached hydrogen (secondary N) is 2. The molecule has 3 aromatic rings. The lowest BCUT2D eigenvalue weighted by atomic mass is 10.1. The molecule has 1 aromatic carbocycles. The predicted octanol–water partition coefficient (Wildman–Crippen LogP) is 2.58. The Morgan fingerprint density at radius 1 is 1.25 bits per heavy atom. The van der Waals surface area contributed by atoms with Crippen molar-refractivity contribution in [3.05, 3.63) is 54.4 Å². The zero-order valence-electron chi connectivity index (χ0n) is 13.4. The number of benzene rings is 1. The lowest BCUT2D eigenvalue weighted by Crippen LogP contribution is -2.30. The molecule has 2 aromatic heterocycles. The number of anilines is 1. The third kappa shape index (κ3) is 3.75. The summed E-state index contributed by atoms with van der Waals surface area (Å²) >= 11 is 0. The van der Waals surface area contributed by atoms with E-state index in [1.54, 1.807) is 31.5 Å². The molecule has 0 aliphatic carbocycles. The van der Waals surface area contributed by atoms with E-state index in [-0.39, 0.29) is 11.9 Å². The van der Waals surface area contributed by atoms with Gasteiger partial charge < -0.3 is 4.74 Å². The topological polar surface area (TPSA) is 92.8 Å². The van der Waals surface area contributed by atoms with Crippen molar-refractivity contribution in [2.24, 2.45) is 0 Å². The summed E-state index contributed by atoms with van der Waals surface area (Å²) in [5.74, 6) is 0.979. The number of aromatic amines is 1. The second-order valence-electron chi connectivity index (χ2n) is 5.31. The summed E-state index contributed by atoms with van der Waals surface area (Å²) in [6.45, 7) is 3.66. The average molecular weight is 323 g/mol. The Morgan fingerprint density at radius 2 is 2.04 bits per heavy atom. The molecule has 0 aliphatic rings. The molecule has 122 valence electrons. The number of amides is 1. The van der Waals surface area contributed by atoms with E-state index in [0.717, 1.165) is 11.1 Å². The van der Waals surface area contributed by atoms with Gasteiger partial charge in [0.25, 0.3) is 5.91 Å². The van der Waals surface area contributed by atoms with Crippen LogP contribution in [0.3, 0.4) is 0 Å². The van der Waals surface area contributed by atoms with Crippen LogP contribution in [0.25, 0.3) is 11.4 Å². The fraction of sp³-hybridized carbons (Fsp3) is 0.176. The second-order valence-corrected chi connectivity index (χ2v) is 5.31. The Morgan fingerprint density at radius 3 is 2.75 bits per heavy atom. The normalized spacial score (nSPS) is 11.8. The van der Waals surface area contributed by atoms with Gasteiger partial charge in [-0.25, -0.2) is 0 Å². The predicted molar refractivity (Wildman–Crippen MR) is 89.5 cm³/mol. The molecule has 0 bridgehead atoms. The number of nitrogens with zero attached hydrogens (tertiary/aromatic N) is 3. The van der Waals surface area contributed by atoms with E-state index in [1.165, 1.54) is 0 Å². The summed E-state index contributed by atoms with van der Waals surface area (Å²) in [6.07, 6.45) is 2.49. The number of ether oxygens (including phenoxy) is 1. The molecule has 2 heterocycles. The summed E-state index contributed by atoms with van der Waals surface area (Å²) in [4.78, 5) is 20.4. The first-order valence-electron chi connectivity index (χ1n) is 7.49. The van der Waals surface area contributed by atoms with Gasteiger partial charge in [0, 0.05) is 11.8 Å². The van der Waals surface area contributed by atoms with Gasteiger partial charge in [0.2, 0.25) is 5.95 Å². The number of H-pyrrole nitrogens is 1. The van der Waals surface area contributed by atoms with E-state index in [9.17, 15) is 4.79 Å². The van der Waals surface area contributed by atoms with Gasteiger partial charge in [-0.15, -0.1) is 5.10 Å². The maximum absolute atomic E-state index is 12.2. The molecule has 0 aliphatic heterocycles. The lowest BCUT2D eigenvalue weighted by Gasteiger charge is -2.12. The van der Waals surface area contributed by atoms with E-state index in [0.29, 0.717) is 11.6 Å². The summed E-state index contributed by atoms with van der Waals surface area (Å²) in [7, 11) is 0. The van der Waals surface area contributed by atoms with Crippen molar-refractivity contribution < 1.29 is 9.53 Å². The van der Waals surface area contributed by atoms with Gasteiger partial charge in [0.1, 0.15) is 5.75 Å². The molecule has 1 unspecified atom stereocenters. The third-order valence-electron chi connectivity index (χ3n) is 3.36. The Balaban J connectivity index is 1.63. The van der Waals surface area contributed by atoms with Crippen molar-refractivity contribution in [2.45, 2.75) is 20.0 Å². The molecule has 0 radical (unpaired) electrons. The first-order valence-corrected chi connectivity index (χ1v) is 7.49. The number of carbonyl (C=O) groups is 1. The molecule has 0 saturated carbocycles. The second kappa shape index (κ2) is 6.91. The monoisotopic (exact) mass is 323 g/mol. The highest BCUT2D eigenvalue weighted by Crippen LogP contribution is 2.17. The highest BCUT2D eigenvalue weighted by molar-refractivity contribution is 5.92. The van der Waals surface area contributed by atoms with E-state index in [1.807, 2.05) is 31.2 Å². The molecule has 2 N–H and O–H groups in total. The standard InChI is InChI=1S/C17H17N5O2/c1-11-5-7-13(8-6-11)15-19-17(22-21-15)20-16(23)12(2)24-14-4-3-9-18-10-14/h3-10,12H,1-2H3,(H2,19,20,21,22,23). The van der Waals surface area contributed by atoms with E-state index in [2.05, 4.69) is 25.5 Å². The smallest absolute Gasteiger partial charge is 0.267 e. The lowest BCUT2D eigenvalue weighted by molar-refractivity contribution is -0.122. The molecule has 3 rings (SSSR count). The van der Waals surface area contributed by atoms with E-state index in [4.69, 9.17) is 4.74 Å². The van der Waals surface area contributed by atoms with Crippen LogP contribution in [0.1, 0.15) is 12.5 Å². The first-order chi connectivity index (χ1) is 11.6. The fourth-order valence-electron chi connectivity index (χ4n) is 2.04. The largest absolute Gasteiger partial charge is 0.479 e. The van der Waals surface area contributed by atoms with Gasteiger partial charge in [-0.3, -0.25) is 20.2 Å². The summed E-state index contributed by atoms with van der Waals surface area (Å²) < 4.78 is 5.51. The molecule has 0 fully saturated rings. The van der Waals surface area contributed by atoms with Gasteiger partial charge in [-0.2, -0.15) is 4.98 Å². The Labute approximate surface area is 139 Å². The third-order valence-corrected chi connectivity index (χ3v) is 3.36. The maximum Gasteiger partial charge on any atom is 0.267 e. The van der Waals surface area contributed by atoms with Gasteiger partial charge in [-0.1, -0.05) is 29.8 Å². The Bertz CT molecular complexity index is 815. The van der Waals surface area contributed by atoms with Crippen molar-refractivity contribution in [3.63, 3.8) is 0 Å². The van der Waals surface area contributed by atoms with Crippen molar-refractivity contribution in [1.29, 1.82) is 0 Å². The van der Waals surface area contributed by atoms with Crippen molar-refractivity contribution in [2.75, 3.05) is 5.32 Å². The maximum atomic E-state index is 12.2. The molecule has 24 heavy (non-hydrogen) atoms. The number of hydrogen-bond acceptors (Lipinski definition) is 5. The van der Waals surface area contributed by atoms with Gasteiger partial charge in [0.15, 0.2) is 11.9 Å². The molecular formula is C17H17N5O2. The molecule has 1 amide bonds. The summed E-state index contributed by atoms with van der Waals surface area (Å²) in [5.41, 5.74) is 2.06. The number of rotatable bonds is 5. The molecule has 0 spiro atoms. The number of pyridine rings is 1. The number of carbonyl (C=O) groups excluding carboxylic acids is 1. The van der Waals surface area contributed by atoms with Crippen molar-refractivity contribution in [1.82, 2.24) is 20.2 Å². The summed E-state index contributed by atoms with van der Waals surface area (Å²) in [6, 6.07) is 11.3. The number of aryl methyl sites for hydroxylation is 1. The highest BCUT2D eigenvalue weighted by Gasteiger charge is 2.17. The molecule has 7 nitrogen and oxygen atoms in total. The van der Waals surface area contributed by atoms with Crippen LogP contribution in [0.4, 0.5) is 5.95 Å². The minimum atomic E-state index is -0.699. The zero-order chi connectivity index (χ0) is 16.9. The first kappa shape index (κ1) is 15.7. The minimum absolute atomic E-state index is 0.206. The molecule has 1 atom stereocenters. The van der Waals surface area contributed by atoms with E-state index >= 15 is 0 Å². The van der Waals surface area contributed by atoms with Crippen LogP contribution in [0.15, 0.2) is 48.8 Å². The van der Waals surface area contributed by atoms with Gasteiger partial charge in [0.05, 0.1) is 6.20 Å². The quantitative estimate of drug-likeness (QED) is 0.753. The molecule has 0 saturated heterocycles. The average Bonchev–Trinajstić information content (AvgIpc) is 3.05. The SMILES string of the molecule is Cc1ccc(-c2nc(NC(=O)C(C)Oc3cccnc3)n[nH]2)cc1. The number of aromatic nitrogens is 4. The minimum Gasteiger partial charge on any atom is -0.479 e. The Kier molecular flexibility index (Phi) is 4.51. The van der Waals surface area contributed by atoms with Gasteiger partial charge >= 0.3 is 0 Å². The van der Waals surface area contributed by atoms with Crippen LogP contribution in [0.2, 0.25) is 0 Å². The van der Waals surface area contributed by atoms with Crippen molar-refractivity contribution in [3.8, 4) is 17.1 Å². The highest BCUT2D eigenvalue weighted by atomic mass is 16.5. The zero-order valence-corrected chi connectivity index (χ0v) is 13.4. The van der Waals surface area contributed by atoms with Crippen molar-refractivity contribution >= 4 is 11.9 Å². The van der Waals surface area contributed by atoms with Gasteiger partial charge in [-0.05, 0) is 26.0 Å². The molecular weight excluding hydrogens is 306 g/mol. The van der Waals surface area contributed by atoms with Crippen LogP contribution >= 0.6 is 0 Å². The molecule has 7 heteroatoms.